The third-order valence-electron chi connectivity index (χ3n) is 3.78. The number of nitrogens with zero attached hydrogens (tertiary/aromatic N) is 3. The second kappa shape index (κ2) is 4.74. The lowest BCUT2D eigenvalue weighted by atomic mass is 10.1. The number of rotatable bonds is 2. The molecule has 4 aromatic rings. The van der Waals surface area contributed by atoms with E-state index in [1.807, 2.05) is 48.1 Å². The lowest BCUT2D eigenvalue weighted by Gasteiger charge is -2.06. The molecule has 3 aromatic heterocycles. The highest BCUT2D eigenvalue weighted by Crippen LogP contribution is 2.32. The number of H-pyrrole nitrogens is 1. The third kappa shape index (κ3) is 1.79. The van der Waals surface area contributed by atoms with E-state index in [0.29, 0.717) is 10.8 Å². The van der Waals surface area contributed by atoms with Gasteiger partial charge in [-0.05, 0) is 31.2 Å². The summed E-state index contributed by atoms with van der Waals surface area (Å²) >= 11 is 6.23. The van der Waals surface area contributed by atoms with E-state index in [4.69, 9.17) is 16.3 Å². The van der Waals surface area contributed by atoms with Gasteiger partial charge in [0.05, 0.1) is 34.6 Å². The summed E-state index contributed by atoms with van der Waals surface area (Å²) in [4.78, 5) is 12.3. The van der Waals surface area contributed by atoms with Gasteiger partial charge in [-0.25, -0.2) is 9.97 Å². The van der Waals surface area contributed by atoms with Crippen LogP contribution in [-0.4, -0.2) is 26.5 Å². The van der Waals surface area contributed by atoms with Crippen molar-refractivity contribution >= 4 is 28.3 Å². The molecule has 0 bridgehead atoms. The average Bonchev–Trinajstić information content (AvgIpc) is 3.13. The van der Waals surface area contributed by atoms with Crippen LogP contribution in [0.5, 0.6) is 5.75 Å². The van der Waals surface area contributed by atoms with Gasteiger partial charge in [-0.2, -0.15) is 0 Å². The minimum Gasteiger partial charge on any atom is -0.495 e. The Morgan fingerprint density at radius 1 is 1.27 bits per heavy atom. The van der Waals surface area contributed by atoms with Crippen LogP contribution in [0.15, 0.2) is 36.8 Å². The minimum absolute atomic E-state index is 0.564. The number of halogens is 1. The molecule has 22 heavy (non-hydrogen) atoms. The first kappa shape index (κ1) is 13.2. The van der Waals surface area contributed by atoms with Crippen LogP contribution in [0.2, 0.25) is 5.02 Å². The van der Waals surface area contributed by atoms with Gasteiger partial charge in [-0.3, -0.25) is 4.40 Å². The topological polar surface area (TPSA) is 55.2 Å². The number of aromatic nitrogens is 4. The maximum absolute atomic E-state index is 6.23. The summed E-state index contributed by atoms with van der Waals surface area (Å²) in [5, 5.41) is 0.564. The Morgan fingerprint density at radius 2 is 2.14 bits per heavy atom. The molecule has 0 fully saturated rings. The maximum Gasteiger partial charge on any atom is 0.154 e. The highest BCUT2D eigenvalue weighted by molar-refractivity contribution is 6.32. The molecule has 5 nitrogen and oxygen atoms in total. The number of fused-ring (bicyclic) bond motifs is 3. The van der Waals surface area contributed by atoms with E-state index in [1.54, 1.807) is 7.11 Å². The number of hydrogen-bond acceptors (Lipinski definition) is 3. The highest BCUT2D eigenvalue weighted by atomic mass is 35.5. The van der Waals surface area contributed by atoms with Crippen molar-refractivity contribution in [2.24, 2.45) is 0 Å². The van der Waals surface area contributed by atoms with Crippen molar-refractivity contribution in [1.82, 2.24) is 19.4 Å². The monoisotopic (exact) mass is 312 g/mol. The van der Waals surface area contributed by atoms with Crippen LogP contribution in [0.1, 0.15) is 5.69 Å². The van der Waals surface area contributed by atoms with E-state index in [1.165, 1.54) is 0 Å². The van der Waals surface area contributed by atoms with Gasteiger partial charge < -0.3 is 9.72 Å². The lowest BCUT2D eigenvalue weighted by Crippen LogP contribution is -1.93. The van der Waals surface area contributed by atoms with Gasteiger partial charge in [0.25, 0.3) is 0 Å². The van der Waals surface area contributed by atoms with Crippen molar-refractivity contribution in [2.75, 3.05) is 7.11 Å². The maximum atomic E-state index is 6.23. The first-order valence-corrected chi connectivity index (χ1v) is 7.21. The van der Waals surface area contributed by atoms with E-state index in [2.05, 4.69) is 15.0 Å². The van der Waals surface area contributed by atoms with Crippen molar-refractivity contribution in [2.45, 2.75) is 6.92 Å². The quantitative estimate of drug-likeness (QED) is 0.611. The summed E-state index contributed by atoms with van der Waals surface area (Å²) < 4.78 is 7.25. The van der Waals surface area contributed by atoms with Crippen LogP contribution in [0.4, 0.5) is 0 Å². The van der Waals surface area contributed by atoms with Crippen LogP contribution in [0.25, 0.3) is 27.9 Å². The van der Waals surface area contributed by atoms with Crippen LogP contribution in [0.3, 0.4) is 0 Å². The molecule has 0 unspecified atom stereocenters. The largest absolute Gasteiger partial charge is 0.495 e. The molecule has 0 atom stereocenters. The normalized spacial score (nSPS) is 11.4. The summed E-state index contributed by atoms with van der Waals surface area (Å²) in [7, 11) is 1.60. The van der Waals surface area contributed by atoms with Crippen molar-refractivity contribution in [3.63, 3.8) is 0 Å². The summed E-state index contributed by atoms with van der Waals surface area (Å²) in [6.45, 7) is 1.98. The van der Waals surface area contributed by atoms with Crippen LogP contribution in [-0.2, 0) is 0 Å². The molecule has 1 N–H and O–H groups in total. The van der Waals surface area contributed by atoms with Gasteiger partial charge in [-0.15, -0.1) is 0 Å². The number of ether oxygens (including phenoxy) is 1. The van der Waals surface area contributed by atoms with Gasteiger partial charge in [0.2, 0.25) is 0 Å². The fraction of sp³-hybridized carbons (Fsp3) is 0.125. The Labute approximate surface area is 131 Å². The smallest absolute Gasteiger partial charge is 0.154 e. The van der Waals surface area contributed by atoms with E-state index >= 15 is 0 Å². The first-order chi connectivity index (χ1) is 10.7. The minimum atomic E-state index is 0.564. The predicted octanol–water partition coefficient (Wildman–Crippen LogP) is 3.85. The van der Waals surface area contributed by atoms with E-state index < -0.39 is 0 Å². The van der Waals surface area contributed by atoms with Gasteiger partial charge in [-0.1, -0.05) is 11.6 Å². The molecule has 0 aliphatic rings. The fourth-order valence-electron chi connectivity index (χ4n) is 2.76. The van der Waals surface area contributed by atoms with Crippen LogP contribution in [0, 0.1) is 6.92 Å². The van der Waals surface area contributed by atoms with Crippen molar-refractivity contribution < 1.29 is 4.74 Å². The summed E-state index contributed by atoms with van der Waals surface area (Å²) in [5.41, 5.74) is 5.54. The number of benzene rings is 1. The standard InChI is InChI=1S/C16H13ClN4O/c1-9-15-14(10-3-4-13(22-2)11(17)7-10)19-8-21(15)12-5-6-18-16(12)20-9/h3-8,18H,1-2H3. The Kier molecular flexibility index (Phi) is 2.84. The number of aryl methyl sites for hydroxylation is 1. The number of aromatic amines is 1. The Hall–Kier alpha value is -2.53. The molecular formula is C16H13ClN4O. The highest BCUT2D eigenvalue weighted by Gasteiger charge is 2.15. The molecule has 0 saturated heterocycles. The van der Waals surface area contributed by atoms with Crippen molar-refractivity contribution in [3.05, 3.63) is 47.5 Å². The molecule has 4 rings (SSSR count). The van der Waals surface area contributed by atoms with E-state index in [-0.39, 0.29) is 0 Å². The Bertz CT molecular complexity index is 1000. The van der Waals surface area contributed by atoms with Gasteiger partial charge in [0, 0.05) is 11.8 Å². The molecule has 1 aromatic carbocycles. The van der Waals surface area contributed by atoms with E-state index in [0.717, 1.165) is 33.6 Å². The number of hydrogen-bond donors (Lipinski definition) is 1. The average molecular weight is 313 g/mol. The zero-order valence-corrected chi connectivity index (χ0v) is 12.8. The molecular weight excluding hydrogens is 300 g/mol. The molecule has 6 heteroatoms. The molecule has 0 aliphatic carbocycles. The predicted molar refractivity (Wildman–Crippen MR) is 86.6 cm³/mol. The van der Waals surface area contributed by atoms with Crippen LogP contribution < -0.4 is 4.74 Å². The van der Waals surface area contributed by atoms with Crippen molar-refractivity contribution in [1.29, 1.82) is 0 Å². The molecule has 0 spiro atoms. The fourth-order valence-corrected chi connectivity index (χ4v) is 3.02. The molecule has 0 radical (unpaired) electrons. The molecule has 0 saturated carbocycles. The van der Waals surface area contributed by atoms with Crippen LogP contribution >= 0.6 is 11.6 Å². The number of imidazole rings is 1. The van der Waals surface area contributed by atoms with Crippen molar-refractivity contribution in [3.8, 4) is 17.0 Å². The summed E-state index contributed by atoms with van der Waals surface area (Å²) in [6, 6.07) is 7.65. The molecule has 110 valence electrons. The third-order valence-corrected chi connectivity index (χ3v) is 4.07. The summed E-state index contributed by atoms with van der Waals surface area (Å²) in [5.74, 6) is 0.650. The number of nitrogens with one attached hydrogen (secondary N) is 1. The zero-order chi connectivity index (χ0) is 15.3. The van der Waals surface area contributed by atoms with Gasteiger partial charge in [0.15, 0.2) is 5.65 Å². The number of methoxy groups -OCH3 is 1. The SMILES string of the molecule is COc1ccc(-c2ncn3c2c(C)nc2[nH]ccc23)cc1Cl. The van der Waals surface area contributed by atoms with E-state index in [9.17, 15) is 0 Å². The first-order valence-electron chi connectivity index (χ1n) is 6.83. The second-order valence-electron chi connectivity index (χ2n) is 5.07. The molecule has 0 aliphatic heterocycles. The molecule has 3 heterocycles. The van der Waals surface area contributed by atoms with Gasteiger partial charge >= 0.3 is 0 Å². The Balaban J connectivity index is 2.01. The van der Waals surface area contributed by atoms with Gasteiger partial charge in [0.1, 0.15) is 12.1 Å². The Morgan fingerprint density at radius 3 is 2.91 bits per heavy atom. The summed E-state index contributed by atoms with van der Waals surface area (Å²) in [6.07, 6.45) is 3.69. The second-order valence-corrected chi connectivity index (χ2v) is 5.48. The molecule has 0 amide bonds. The zero-order valence-electron chi connectivity index (χ0n) is 12.1. The lowest BCUT2D eigenvalue weighted by molar-refractivity contribution is 0.415.